The van der Waals surface area contributed by atoms with Gasteiger partial charge in [-0.15, -0.1) is 0 Å². The number of hydrogen-bond acceptors (Lipinski definition) is 4. The molecule has 2 rings (SSSR count). The molecule has 1 aliphatic heterocycles. The van der Waals surface area contributed by atoms with Crippen LogP contribution in [-0.2, 0) is 10.0 Å². The maximum atomic E-state index is 12.7. The molecule has 7 heteroatoms. The summed E-state index contributed by atoms with van der Waals surface area (Å²) in [5.74, 6) is 0.657. The molecule has 1 saturated heterocycles. The van der Waals surface area contributed by atoms with Gasteiger partial charge in [0, 0.05) is 19.1 Å². The van der Waals surface area contributed by atoms with Crippen molar-refractivity contribution in [3.8, 4) is 5.75 Å². The third-order valence-corrected chi connectivity index (χ3v) is 6.20. The van der Waals surface area contributed by atoms with Gasteiger partial charge in [0.15, 0.2) is 0 Å². The molecule has 21 heavy (non-hydrogen) atoms. The first-order valence-electron chi connectivity index (χ1n) is 6.99. The van der Waals surface area contributed by atoms with Crippen molar-refractivity contribution in [1.29, 1.82) is 0 Å². The number of sulfonamides is 1. The normalized spacial score (nSPS) is 24.0. The van der Waals surface area contributed by atoms with Crippen molar-refractivity contribution in [3.63, 3.8) is 0 Å². The lowest BCUT2D eigenvalue weighted by molar-refractivity contribution is 0.230. The summed E-state index contributed by atoms with van der Waals surface area (Å²) in [4.78, 5) is 0.193. The van der Waals surface area contributed by atoms with Gasteiger partial charge in [0.1, 0.15) is 5.75 Å². The van der Waals surface area contributed by atoms with Gasteiger partial charge in [-0.2, -0.15) is 4.31 Å². The molecule has 1 aromatic rings. The summed E-state index contributed by atoms with van der Waals surface area (Å²) in [6.45, 7) is 2.94. The molecule has 0 bridgehead atoms. The van der Waals surface area contributed by atoms with Crippen LogP contribution in [0.5, 0.6) is 5.75 Å². The lowest BCUT2D eigenvalue weighted by Gasteiger charge is -2.35. The number of nitrogens with two attached hydrogens (primary N) is 1. The van der Waals surface area contributed by atoms with Crippen LogP contribution in [0.25, 0.3) is 0 Å². The van der Waals surface area contributed by atoms with Crippen molar-refractivity contribution in [2.24, 2.45) is 11.7 Å². The van der Waals surface area contributed by atoms with Crippen LogP contribution in [0.1, 0.15) is 19.8 Å². The van der Waals surface area contributed by atoms with E-state index in [4.69, 9.17) is 22.1 Å². The Kier molecular flexibility index (Phi) is 5.14. The smallest absolute Gasteiger partial charge is 0.243 e. The Morgan fingerprint density at radius 2 is 2.19 bits per heavy atom. The van der Waals surface area contributed by atoms with Gasteiger partial charge in [-0.3, -0.25) is 0 Å². The first kappa shape index (κ1) is 16.5. The Morgan fingerprint density at radius 3 is 2.76 bits per heavy atom. The highest BCUT2D eigenvalue weighted by atomic mass is 35.5. The third-order valence-electron chi connectivity index (χ3n) is 4.04. The molecule has 1 aliphatic rings. The number of ether oxygens (including phenoxy) is 1. The minimum atomic E-state index is -3.54. The van der Waals surface area contributed by atoms with Crippen LogP contribution in [0, 0.1) is 5.92 Å². The van der Waals surface area contributed by atoms with E-state index in [9.17, 15) is 8.42 Å². The topological polar surface area (TPSA) is 72.6 Å². The maximum absolute atomic E-state index is 12.7. The molecule has 2 N–H and O–H groups in total. The number of halogens is 1. The Balaban J connectivity index is 2.27. The highest BCUT2D eigenvalue weighted by molar-refractivity contribution is 7.89. The van der Waals surface area contributed by atoms with Crippen molar-refractivity contribution in [2.45, 2.75) is 30.7 Å². The fraction of sp³-hybridized carbons (Fsp3) is 0.571. The van der Waals surface area contributed by atoms with Crippen molar-refractivity contribution in [2.75, 3.05) is 20.2 Å². The fourth-order valence-electron chi connectivity index (χ4n) is 2.62. The summed E-state index contributed by atoms with van der Waals surface area (Å²) in [5, 5.41) is 0.291. The zero-order chi connectivity index (χ0) is 15.6. The van der Waals surface area contributed by atoms with Crippen molar-refractivity contribution < 1.29 is 13.2 Å². The number of rotatable bonds is 4. The van der Waals surface area contributed by atoms with Crippen LogP contribution < -0.4 is 10.5 Å². The van der Waals surface area contributed by atoms with Crippen LogP contribution in [0.4, 0.5) is 0 Å². The number of benzene rings is 1. The summed E-state index contributed by atoms with van der Waals surface area (Å²) >= 11 is 6.03. The molecule has 0 amide bonds. The van der Waals surface area contributed by atoms with E-state index in [-0.39, 0.29) is 16.9 Å². The summed E-state index contributed by atoms with van der Waals surface area (Å²) in [6, 6.07) is 4.60. The van der Waals surface area contributed by atoms with E-state index in [2.05, 4.69) is 0 Å². The molecule has 5 nitrogen and oxygen atoms in total. The molecule has 1 aromatic carbocycles. The van der Waals surface area contributed by atoms with Crippen LogP contribution >= 0.6 is 11.6 Å². The minimum Gasteiger partial charge on any atom is -0.495 e. The van der Waals surface area contributed by atoms with Crippen LogP contribution in [0.2, 0.25) is 5.02 Å². The molecule has 1 heterocycles. The molecule has 2 unspecified atom stereocenters. The van der Waals surface area contributed by atoms with Gasteiger partial charge < -0.3 is 10.5 Å². The van der Waals surface area contributed by atoms with Crippen molar-refractivity contribution in [3.05, 3.63) is 23.2 Å². The second kappa shape index (κ2) is 6.52. The van der Waals surface area contributed by atoms with Gasteiger partial charge in [0.2, 0.25) is 10.0 Å². The number of hydrogen-bond donors (Lipinski definition) is 1. The number of nitrogens with zero attached hydrogens (tertiary/aromatic N) is 1. The number of methoxy groups -OCH3 is 1. The fourth-order valence-corrected chi connectivity index (χ4v) is 4.48. The third kappa shape index (κ3) is 3.34. The van der Waals surface area contributed by atoms with Gasteiger partial charge in [0.25, 0.3) is 0 Å². The van der Waals surface area contributed by atoms with E-state index >= 15 is 0 Å². The summed E-state index contributed by atoms with van der Waals surface area (Å²) in [7, 11) is -2.04. The molecular weight excluding hydrogens is 312 g/mol. The molecule has 2 atom stereocenters. The van der Waals surface area contributed by atoms with Crippen molar-refractivity contribution >= 4 is 21.6 Å². The molecule has 0 saturated carbocycles. The quantitative estimate of drug-likeness (QED) is 0.916. The molecule has 118 valence electrons. The minimum absolute atomic E-state index is 0.0703. The number of piperidine rings is 1. The summed E-state index contributed by atoms with van der Waals surface area (Å²) in [5.41, 5.74) is 6.04. The Bertz CT molecular complexity index is 606. The zero-order valence-electron chi connectivity index (χ0n) is 12.3. The second-order valence-corrected chi connectivity index (χ2v) is 7.63. The zero-order valence-corrected chi connectivity index (χ0v) is 13.8. The van der Waals surface area contributed by atoms with E-state index in [0.29, 0.717) is 30.3 Å². The summed E-state index contributed by atoms with van der Waals surface area (Å²) < 4.78 is 31.9. The van der Waals surface area contributed by atoms with Crippen LogP contribution in [-0.4, -0.2) is 39.0 Å². The molecule has 0 aliphatic carbocycles. The molecule has 1 fully saturated rings. The van der Waals surface area contributed by atoms with E-state index in [1.165, 1.54) is 23.5 Å². The average Bonchev–Trinajstić information content (AvgIpc) is 2.47. The van der Waals surface area contributed by atoms with Crippen molar-refractivity contribution in [1.82, 2.24) is 4.31 Å². The predicted molar refractivity (Wildman–Crippen MR) is 83.1 cm³/mol. The first-order valence-corrected chi connectivity index (χ1v) is 8.81. The van der Waals surface area contributed by atoms with E-state index < -0.39 is 10.0 Å². The van der Waals surface area contributed by atoms with Crippen LogP contribution in [0.3, 0.4) is 0 Å². The summed E-state index contributed by atoms with van der Waals surface area (Å²) in [6.07, 6.45) is 1.55. The van der Waals surface area contributed by atoms with Gasteiger partial charge >= 0.3 is 0 Å². The monoisotopic (exact) mass is 332 g/mol. The SMILES string of the molecule is CCC1CN(S(=O)(=O)c2ccc(OC)c(Cl)c2)CCC1N. The lowest BCUT2D eigenvalue weighted by atomic mass is 9.92. The van der Waals surface area contributed by atoms with Gasteiger partial charge in [0.05, 0.1) is 17.0 Å². The van der Waals surface area contributed by atoms with E-state index in [1.54, 1.807) is 6.07 Å². The molecule has 0 spiro atoms. The Hall–Kier alpha value is -0.820. The van der Waals surface area contributed by atoms with E-state index in [0.717, 1.165) is 6.42 Å². The highest BCUT2D eigenvalue weighted by Gasteiger charge is 2.33. The first-order chi connectivity index (χ1) is 9.90. The van der Waals surface area contributed by atoms with E-state index in [1.807, 2.05) is 6.92 Å². The second-order valence-electron chi connectivity index (χ2n) is 5.28. The highest BCUT2D eigenvalue weighted by Crippen LogP contribution is 2.30. The molecular formula is C14H21ClN2O3S. The van der Waals surface area contributed by atoms with Crippen LogP contribution in [0.15, 0.2) is 23.1 Å². The lowest BCUT2D eigenvalue weighted by Crippen LogP contribution is -2.48. The maximum Gasteiger partial charge on any atom is 0.243 e. The molecule has 0 radical (unpaired) electrons. The largest absolute Gasteiger partial charge is 0.495 e. The Labute approximate surface area is 131 Å². The Morgan fingerprint density at radius 1 is 1.48 bits per heavy atom. The average molecular weight is 333 g/mol. The van der Waals surface area contributed by atoms with Gasteiger partial charge in [-0.25, -0.2) is 8.42 Å². The molecule has 0 aromatic heterocycles. The predicted octanol–water partition coefficient (Wildman–Crippen LogP) is 2.10. The standard InChI is InChI=1S/C14H21ClN2O3S/c1-3-10-9-17(7-6-13(10)16)21(18,19)11-4-5-14(20-2)12(15)8-11/h4-5,8,10,13H,3,6-7,9,16H2,1-2H3. The van der Waals surface area contributed by atoms with Gasteiger partial charge in [-0.1, -0.05) is 24.9 Å². The van der Waals surface area contributed by atoms with Gasteiger partial charge in [-0.05, 0) is 30.5 Å².